The van der Waals surface area contributed by atoms with Gasteiger partial charge in [0.2, 0.25) is 0 Å². The summed E-state index contributed by atoms with van der Waals surface area (Å²) in [6.45, 7) is 4.36. The number of fused-ring (bicyclic) bond motifs is 1. The third-order valence-corrected chi connectivity index (χ3v) is 4.63. The number of phenols is 1. The number of aromatic hydroxyl groups is 1. The van der Waals surface area contributed by atoms with Gasteiger partial charge in [-0.1, -0.05) is 6.07 Å². The quantitative estimate of drug-likeness (QED) is 0.720. The zero-order valence-electron chi connectivity index (χ0n) is 15.1. The van der Waals surface area contributed by atoms with E-state index in [4.69, 9.17) is 9.15 Å². The Morgan fingerprint density at radius 2 is 2.26 bits per heavy atom. The van der Waals surface area contributed by atoms with Crippen LogP contribution in [0.2, 0.25) is 0 Å². The Balaban J connectivity index is 1.54. The van der Waals surface area contributed by atoms with Gasteiger partial charge in [-0.2, -0.15) is 0 Å². The van der Waals surface area contributed by atoms with Crippen molar-refractivity contribution in [2.45, 2.75) is 26.4 Å². The average molecular weight is 367 g/mol. The molecule has 0 amide bonds. The highest BCUT2D eigenvalue weighted by Crippen LogP contribution is 2.28. The van der Waals surface area contributed by atoms with Crippen molar-refractivity contribution in [3.05, 3.63) is 63.8 Å². The molecular weight excluding hydrogens is 346 g/mol. The number of furan rings is 1. The van der Waals surface area contributed by atoms with Crippen LogP contribution in [-0.4, -0.2) is 33.1 Å². The Morgan fingerprint density at radius 1 is 1.37 bits per heavy atom. The predicted molar refractivity (Wildman–Crippen MR) is 99.7 cm³/mol. The molecule has 27 heavy (non-hydrogen) atoms. The summed E-state index contributed by atoms with van der Waals surface area (Å²) in [4.78, 5) is 22.1. The summed E-state index contributed by atoms with van der Waals surface area (Å²) in [5.74, 6) is 1.65. The fourth-order valence-corrected chi connectivity index (χ4v) is 3.33. The van der Waals surface area contributed by atoms with Crippen molar-refractivity contribution >= 4 is 0 Å². The van der Waals surface area contributed by atoms with Crippen LogP contribution in [0.15, 0.2) is 45.8 Å². The Labute approximate surface area is 156 Å². The summed E-state index contributed by atoms with van der Waals surface area (Å²) in [6.07, 6.45) is 2.26. The van der Waals surface area contributed by atoms with E-state index in [2.05, 4.69) is 14.9 Å². The molecule has 7 heteroatoms. The van der Waals surface area contributed by atoms with Crippen LogP contribution in [0.5, 0.6) is 11.5 Å². The first kappa shape index (κ1) is 17.4. The normalized spacial score (nSPS) is 14.1. The summed E-state index contributed by atoms with van der Waals surface area (Å²) in [5, 5.41) is 9.84. The molecule has 0 saturated carbocycles. The molecule has 7 nitrogen and oxygen atoms in total. The lowest BCUT2D eigenvalue weighted by atomic mass is 10.1. The molecule has 4 rings (SSSR count). The first-order valence-electron chi connectivity index (χ1n) is 8.97. The summed E-state index contributed by atoms with van der Waals surface area (Å²) < 4.78 is 10.8. The molecule has 1 aliphatic heterocycles. The van der Waals surface area contributed by atoms with Crippen molar-refractivity contribution in [1.29, 1.82) is 0 Å². The molecule has 1 aliphatic rings. The minimum absolute atomic E-state index is 0.128. The zero-order chi connectivity index (χ0) is 18.8. The largest absolute Gasteiger partial charge is 0.504 e. The summed E-state index contributed by atoms with van der Waals surface area (Å²) in [6, 6.07) is 8.90. The van der Waals surface area contributed by atoms with Gasteiger partial charge in [0.25, 0.3) is 5.56 Å². The van der Waals surface area contributed by atoms with Gasteiger partial charge in [-0.05, 0) is 36.8 Å². The fraction of sp³-hybridized carbons (Fsp3) is 0.300. The second kappa shape index (κ2) is 7.28. The lowest BCUT2D eigenvalue weighted by molar-refractivity contribution is 0.241. The molecule has 3 aromatic rings. The number of phenolic OH excluding ortho intramolecular Hbond substituents is 1. The van der Waals surface area contributed by atoms with Crippen molar-refractivity contribution < 1.29 is 14.3 Å². The monoisotopic (exact) mass is 367 g/mol. The minimum atomic E-state index is -0.128. The highest BCUT2D eigenvalue weighted by molar-refractivity contribution is 5.47. The number of rotatable bonds is 5. The number of hydrogen-bond donors (Lipinski definition) is 2. The number of hydrogen-bond acceptors (Lipinski definition) is 6. The number of H-pyrrole nitrogens is 1. The summed E-state index contributed by atoms with van der Waals surface area (Å²) >= 11 is 0. The van der Waals surface area contributed by atoms with Gasteiger partial charge in [0.05, 0.1) is 24.1 Å². The molecule has 0 unspecified atom stereocenters. The van der Waals surface area contributed by atoms with E-state index in [0.29, 0.717) is 49.0 Å². The topological polar surface area (TPSA) is 91.6 Å². The van der Waals surface area contributed by atoms with Crippen molar-refractivity contribution in [2.75, 3.05) is 13.2 Å². The van der Waals surface area contributed by atoms with E-state index in [1.54, 1.807) is 24.5 Å². The molecule has 0 spiro atoms. The van der Waals surface area contributed by atoms with Gasteiger partial charge in [0, 0.05) is 26.1 Å². The molecule has 3 heterocycles. The molecular formula is C20H21N3O4. The van der Waals surface area contributed by atoms with E-state index < -0.39 is 0 Å². The first-order valence-corrected chi connectivity index (χ1v) is 8.97. The van der Waals surface area contributed by atoms with Crippen molar-refractivity contribution in [3.63, 3.8) is 0 Å². The molecule has 1 aromatic carbocycles. The van der Waals surface area contributed by atoms with Crippen LogP contribution < -0.4 is 10.3 Å². The number of aromatic nitrogens is 2. The number of aromatic amines is 1. The second-order valence-electron chi connectivity index (χ2n) is 6.51. The first-order chi connectivity index (χ1) is 13.1. The lowest BCUT2D eigenvalue weighted by Crippen LogP contribution is -2.35. The highest BCUT2D eigenvalue weighted by Gasteiger charge is 2.22. The minimum Gasteiger partial charge on any atom is -0.504 e. The van der Waals surface area contributed by atoms with Gasteiger partial charge in [0.1, 0.15) is 0 Å². The fourth-order valence-electron chi connectivity index (χ4n) is 3.33. The maximum absolute atomic E-state index is 12.5. The van der Waals surface area contributed by atoms with Crippen LogP contribution in [0.3, 0.4) is 0 Å². The molecule has 0 atom stereocenters. The Hall–Kier alpha value is -3.06. The number of nitrogens with one attached hydrogen (secondary N) is 1. The van der Waals surface area contributed by atoms with Crippen molar-refractivity contribution in [3.8, 4) is 23.1 Å². The molecule has 2 N–H and O–H groups in total. The molecule has 140 valence electrons. The van der Waals surface area contributed by atoms with E-state index in [-0.39, 0.29) is 11.3 Å². The lowest BCUT2D eigenvalue weighted by Gasteiger charge is -2.27. The highest BCUT2D eigenvalue weighted by atomic mass is 16.5. The SMILES string of the molecule is CCOc1cc(CN2CCc3nc(-c4ccco4)[nH]c(=O)c3C2)ccc1O. The van der Waals surface area contributed by atoms with E-state index in [1.807, 2.05) is 19.1 Å². The average Bonchev–Trinajstić information content (AvgIpc) is 3.20. The van der Waals surface area contributed by atoms with Crippen LogP contribution in [0.4, 0.5) is 0 Å². The van der Waals surface area contributed by atoms with Crippen molar-refractivity contribution in [1.82, 2.24) is 14.9 Å². The zero-order valence-corrected chi connectivity index (χ0v) is 15.1. The molecule has 0 saturated heterocycles. The Morgan fingerprint density at radius 3 is 3.04 bits per heavy atom. The maximum atomic E-state index is 12.5. The van der Waals surface area contributed by atoms with Gasteiger partial charge < -0.3 is 19.2 Å². The van der Waals surface area contributed by atoms with Gasteiger partial charge in [0.15, 0.2) is 23.1 Å². The molecule has 0 bridgehead atoms. The van der Waals surface area contributed by atoms with Crippen LogP contribution in [0.25, 0.3) is 11.6 Å². The van der Waals surface area contributed by atoms with E-state index >= 15 is 0 Å². The molecule has 2 aromatic heterocycles. The number of ether oxygens (including phenoxy) is 1. The molecule has 0 fully saturated rings. The third kappa shape index (κ3) is 3.59. The summed E-state index contributed by atoms with van der Waals surface area (Å²) in [7, 11) is 0. The smallest absolute Gasteiger partial charge is 0.256 e. The molecule has 0 aliphatic carbocycles. The van der Waals surface area contributed by atoms with Crippen LogP contribution in [0.1, 0.15) is 23.7 Å². The van der Waals surface area contributed by atoms with E-state index in [0.717, 1.165) is 17.8 Å². The number of nitrogens with zero attached hydrogens (tertiary/aromatic N) is 2. The second-order valence-corrected chi connectivity index (χ2v) is 6.51. The third-order valence-electron chi connectivity index (χ3n) is 4.63. The van der Waals surface area contributed by atoms with Gasteiger partial charge >= 0.3 is 0 Å². The standard InChI is InChI=1S/C20H21N3O4/c1-2-26-18-10-13(5-6-16(18)24)11-23-8-7-15-14(12-23)20(25)22-19(21-15)17-4-3-9-27-17/h3-6,9-10,24H,2,7-8,11-12H2,1H3,(H,21,22,25). The van der Waals surface area contributed by atoms with Gasteiger partial charge in [-0.25, -0.2) is 4.98 Å². The maximum Gasteiger partial charge on any atom is 0.256 e. The van der Waals surface area contributed by atoms with Gasteiger partial charge in [-0.3, -0.25) is 9.69 Å². The summed E-state index contributed by atoms with van der Waals surface area (Å²) in [5.41, 5.74) is 2.41. The number of benzene rings is 1. The predicted octanol–water partition coefficient (Wildman–Crippen LogP) is 2.69. The van der Waals surface area contributed by atoms with E-state index in [1.165, 1.54) is 0 Å². The Kier molecular flexibility index (Phi) is 4.68. The van der Waals surface area contributed by atoms with Crippen LogP contribution in [-0.2, 0) is 19.5 Å². The molecule has 0 radical (unpaired) electrons. The van der Waals surface area contributed by atoms with Crippen LogP contribution >= 0.6 is 0 Å². The Bertz CT molecular complexity index is 995. The van der Waals surface area contributed by atoms with Crippen molar-refractivity contribution in [2.24, 2.45) is 0 Å². The van der Waals surface area contributed by atoms with Gasteiger partial charge in [-0.15, -0.1) is 0 Å². The van der Waals surface area contributed by atoms with E-state index in [9.17, 15) is 9.90 Å². The van der Waals surface area contributed by atoms with Crippen LogP contribution in [0, 0.1) is 0 Å².